The second-order valence-electron chi connectivity index (χ2n) is 15.0. The van der Waals surface area contributed by atoms with Crippen molar-refractivity contribution in [3.63, 3.8) is 0 Å². The Kier molecular flexibility index (Phi) is 9.71. The van der Waals surface area contributed by atoms with E-state index < -0.39 is 0 Å². The Morgan fingerprint density at radius 1 is 0.929 bits per heavy atom. The molecule has 1 atom stereocenters. The molecule has 0 aliphatic carbocycles. The molecular weight excluding hydrogens is 743 g/mol. The summed E-state index contributed by atoms with van der Waals surface area (Å²) in [6.45, 7) is 11.0. The van der Waals surface area contributed by atoms with Gasteiger partial charge in [-0.15, -0.1) is 0 Å². The Hall–Kier alpha value is -5.51. The highest BCUT2D eigenvalue weighted by Gasteiger charge is 2.37. The molecule has 0 saturated carbocycles. The molecule has 0 unspecified atom stereocenters. The molecule has 0 radical (unpaired) electrons. The van der Waals surface area contributed by atoms with E-state index in [0.29, 0.717) is 48.0 Å². The molecule has 2 amide bonds. The lowest BCUT2D eigenvalue weighted by Gasteiger charge is -2.34. The highest BCUT2D eigenvalue weighted by atomic mass is 35.5. The number of ether oxygens (including phenoxy) is 1. The zero-order valence-electron chi connectivity index (χ0n) is 32.6. The second kappa shape index (κ2) is 14.5. The third-order valence-corrected chi connectivity index (χ3v) is 12.0. The van der Waals surface area contributed by atoms with Gasteiger partial charge in [0.25, 0.3) is 11.8 Å². The molecule has 56 heavy (non-hydrogen) atoms. The zero-order chi connectivity index (χ0) is 39.6. The number of aromatic nitrogens is 4. The highest BCUT2D eigenvalue weighted by molar-refractivity contribution is 6.35. The predicted molar refractivity (Wildman–Crippen MR) is 227 cm³/mol. The van der Waals surface area contributed by atoms with Crippen LogP contribution in [-0.2, 0) is 20.5 Å². The van der Waals surface area contributed by atoms with Gasteiger partial charge in [-0.2, -0.15) is 5.10 Å². The van der Waals surface area contributed by atoms with Gasteiger partial charge in [0.15, 0.2) is 0 Å². The topological polar surface area (TPSA) is 86.3 Å². The van der Waals surface area contributed by atoms with Gasteiger partial charge in [0.2, 0.25) is 0 Å². The van der Waals surface area contributed by atoms with Crippen molar-refractivity contribution < 1.29 is 14.3 Å². The Morgan fingerprint density at radius 2 is 1.66 bits per heavy atom. The molecule has 0 saturated heterocycles. The molecule has 1 aliphatic rings. The molecule has 4 aromatic carbocycles. The highest BCUT2D eigenvalue weighted by Crippen LogP contribution is 2.46. The molecular formula is C45H44Cl2N6O3. The van der Waals surface area contributed by atoms with Gasteiger partial charge in [-0.05, 0) is 113 Å². The van der Waals surface area contributed by atoms with Crippen molar-refractivity contribution in [2.75, 3.05) is 23.4 Å². The SMILES string of the molecule is Cc1cc(OCCCc2c3n(c4c(-c5c(C)nn(C)c5C)c(Cl)ccc24)[C@H](C)CN(c2cn(C)c4ccc(C(=O)Nc5ccccc5)cc24)C3=O)cc(C)c1Cl. The summed E-state index contributed by atoms with van der Waals surface area (Å²) >= 11 is 13.6. The zero-order valence-corrected chi connectivity index (χ0v) is 34.1. The lowest BCUT2D eigenvalue weighted by molar-refractivity contribution is 0.0957. The van der Waals surface area contributed by atoms with Gasteiger partial charge in [-0.1, -0.05) is 47.5 Å². The largest absolute Gasteiger partial charge is 0.494 e. The van der Waals surface area contributed by atoms with Crippen molar-refractivity contribution in [1.29, 1.82) is 0 Å². The molecule has 8 rings (SSSR count). The van der Waals surface area contributed by atoms with Crippen LogP contribution in [-0.4, -0.2) is 43.9 Å². The third kappa shape index (κ3) is 6.33. The van der Waals surface area contributed by atoms with Crippen LogP contribution in [0.1, 0.15) is 68.3 Å². The fraction of sp³-hybridized carbons (Fsp3) is 0.267. The van der Waals surface area contributed by atoms with Crippen molar-refractivity contribution in [1.82, 2.24) is 18.9 Å². The van der Waals surface area contributed by atoms with Crippen molar-refractivity contribution in [3.05, 3.63) is 128 Å². The van der Waals surface area contributed by atoms with Crippen molar-refractivity contribution in [3.8, 4) is 16.9 Å². The first-order valence-electron chi connectivity index (χ1n) is 18.9. The quantitative estimate of drug-likeness (QED) is 0.148. The summed E-state index contributed by atoms with van der Waals surface area (Å²) < 4.78 is 12.3. The molecule has 9 nitrogen and oxygen atoms in total. The molecule has 11 heteroatoms. The van der Waals surface area contributed by atoms with Gasteiger partial charge in [0.1, 0.15) is 11.4 Å². The normalized spacial score (nSPS) is 14.2. The summed E-state index contributed by atoms with van der Waals surface area (Å²) in [5.41, 5.74) is 11.1. The van der Waals surface area contributed by atoms with E-state index in [1.165, 1.54) is 0 Å². The molecule has 4 heterocycles. The van der Waals surface area contributed by atoms with E-state index in [2.05, 4.69) is 22.9 Å². The molecule has 1 aliphatic heterocycles. The number of hydrogen-bond donors (Lipinski definition) is 1. The van der Waals surface area contributed by atoms with Crippen LogP contribution in [0.2, 0.25) is 10.0 Å². The number of halogens is 2. The van der Waals surface area contributed by atoms with E-state index in [1.807, 2.05) is 129 Å². The maximum absolute atomic E-state index is 15.2. The van der Waals surface area contributed by atoms with E-state index in [0.717, 1.165) is 77.5 Å². The molecule has 0 spiro atoms. The van der Waals surface area contributed by atoms with Gasteiger partial charge in [0.05, 0.1) is 28.5 Å². The summed E-state index contributed by atoms with van der Waals surface area (Å²) in [6.07, 6.45) is 3.26. The monoisotopic (exact) mass is 786 g/mol. The summed E-state index contributed by atoms with van der Waals surface area (Å²) in [5, 5.41) is 10.9. The average molecular weight is 788 g/mol. The Balaban J connectivity index is 1.23. The number of para-hydroxylation sites is 1. The van der Waals surface area contributed by atoms with Crippen LogP contribution in [0, 0.1) is 27.7 Å². The number of nitrogens with one attached hydrogen (secondary N) is 1. The van der Waals surface area contributed by atoms with Crippen molar-refractivity contribution >= 4 is 68.2 Å². The minimum atomic E-state index is -0.217. The Labute approximate surface area is 336 Å². The number of aryl methyl sites for hydroxylation is 6. The van der Waals surface area contributed by atoms with Crippen LogP contribution in [0.3, 0.4) is 0 Å². The molecule has 0 fully saturated rings. The summed E-state index contributed by atoms with van der Waals surface area (Å²) in [7, 11) is 3.90. The third-order valence-electron chi connectivity index (χ3n) is 11.1. The maximum atomic E-state index is 15.2. The summed E-state index contributed by atoms with van der Waals surface area (Å²) in [5.74, 6) is 0.450. The molecule has 0 bridgehead atoms. The van der Waals surface area contributed by atoms with Crippen molar-refractivity contribution in [2.24, 2.45) is 14.1 Å². The van der Waals surface area contributed by atoms with Gasteiger partial charge < -0.3 is 24.1 Å². The molecule has 1 N–H and O–H groups in total. The van der Waals surface area contributed by atoms with E-state index >= 15 is 4.79 Å². The maximum Gasteiger partial charge on any atom is 0.275 e. The number of carbonyl (C=O) groups excluding carboxylic acids is 2. The standard InChI is InChI=1S/C45H44Cl2N6O3/c1-25-20-32(21-26(2)41(25)47)56-19-11-14-33-34-16-17-36(46)40(39-28(4)49-51(7)29(39)5)42(34)53-27(3)23-52(45(55)43(33)53)38-24-50(6)37-18-15-30(22-35(37)38)44(54)48-31-12-9-8-10-13-31/h8-10,12-13,15-18,20-22,24,27H,11,14,19,23H2,1-7H3,(H,48,54)/t27-/m1/s1. The fourth-order valence-corrected chi connectivity index (χ4v) is 8.75. The number of amides is 2. The van der Waals surface area contributed by atoms with E-state index in [4.69, 9.17) is 33.0 Å². The van der Waals surface area contributed by atoms with Crippen molar-refractivity contribution in [2.45, 2.75) is 53.5 Å². The number of carbonyl (C=O) groups is 2. The lowest BCUT2D eigenvalue weighted by atomic mass is 9.98. The van der Waals surface area contributed by atoms with Crippen LogP contribution < -0.4 is 15.0 Å². The fourth-order valence-electron chi connectivity index (χ4n) is 8.39. The number of anilines is 2. The van der Waals surface area contributed by atoms with Gasteiger partial charge in [-0.25, -0.2) is 0 Å². The number of fused-ring (bicyclic) bond motifs is 4. The van der Waals surface area contributed by atoms with Gasteiger partial charge in [0, 0.05) is 82.3 Å². The van der Waals surface area contributed by atoms with Crippen LogP contribution in [0.15, 0.2) is 79.0 Å². The summed E-state index contributed by atoms with van der Waals surface area (Å²) in [6, 6.07) is 22.8. The summed E-state index contributed by atoms with van der Waals surface area (Å²) in [4.78, 5) is 30.5. The number of benzene rings is 4. The van der Waals surface area contributed by atoms with Gasteiger partial charge in [-0.3, -0.25) is 14.3 Å². The average Bonchev–Trinajstić information content (AvgIpc) is 3.78. The smallest absolute Gasteiger partial charge is 0.275 e. The number of rotatable bonds is 9. The van der Waals surface area contributed by atoms with Crippen LogP contribution in [0.25, 0.3) is 32.9 Å². The molecule has 286 valence electrons. The minimum Gasteiger partial charge on any atom is -0.494 e. The van der Waals surface area contributed by atoms with Crippen LogP contribution in [0.5, 0.6) is 5.75 Å². The van der Waals surface area contributed by atoms with Crippen LogP contribution >= 0.6 is 23.2 Å². The van der Waals surface area contributed by atoms with E-state index in [-0.39, 0.29) is 17.9 Å². The molecule has 3 aromatic heterocycles. The Bertz CT molecular complexity index is 2680. The molecule has 7 aromatic rings. The number of hydrogen-bond acceptors (Lipinski definition) is 4. The van der Waals surface area contributed by atoms with Gasteiger partial charge >= 0.3 is 0 Å². The van der Waals surface area contributed by atoms with Crippen LogP contribution in [0.4, 0.5) is 11.4 Å². The number of nitrogens with zero attached hydrogens (tertiary/aromatic N) is 5. The first kappa shape index (κ1) is 37.4. The Morgan fingerprint density at radius 3 is 2.36 bits per heavy atom. The van der Waals surface area contributed by atoms with E-state index in [9.17, 15) is 4.79 Å². The van der Waals surface area contributed by atoms with E-state index in [1.54, 1.807) is 0 Å². The lowest BCUT2D eigenvalue weighted by Crippen LogP contribution is -2.42. The predicted octanol–water partition coefficient (Wildman–Crippen LogP) is 10.6. The minimum absolute atomic E-state index is 0.104. The second-order valence-corrected chi connectivity index (χ2v) is 15.7. The first-order valence-corrected chi connectivity index (χ1v) is 19.6. The first-order chi connectivity index (χ1) is 26.8.